The second kappa shape index (κ2) is 7.38. The van der Waals surface area contributed by atoms with Gasteiger partial charge < -0.3 is 5.11 Å². The van der Waals surface area contributed by atoms with Crippen LogP contribution in [0.2, 0.25) is 0 Å². The maximum atomic E-state index is 12.2. The van der Waals surface area contributed by atoms with Crippen LogP contribution in [0.3, 0.4) is 0 Å². The predicted octanol–water partition coefficient (Wildman–Crippen LogP) is 2.26. The summed E-state index contributed by atoms with van der Waals surface area (Å²) in [5.74, 6) is 0.457. The molecule has 0 spiro atoms. The number of sulfonamides is 1. The van der Waals surface area contributed by atoms with Crippen LogP contribution >= 0.6 is 0 Å². The van der Waals surface area contributed by atoms with Gasteiger partial charge in [0, 0.05) is 6.54 Å². The van der Waals surface area contributed by atoms with Gasteiger partial charge in [-0.1, -0.05) is 37.3 Å². The van der Waals surface area contributed by atoms with E-state index in [1.54, 1.807) is 0 Å². The third-order valence-corrected chi connectivity index (χ3v) is 5.79. The van der Waals surface area contributed by atoms with Crippen molar-refractivity contribution in [3.8, 4) is 0 Å². The van der Waals surface area contributed by atoms with Crippen molar-refractivity contribution in [3.63, 3.8) is 0 Å². The molecule has 1 aliphatic rings. The van der Waals surface area contributed by atoms with Crippen LogP contribution < -0.4 is 4.72 Å². The first-order valence-electron chi connectivity index (χ1n) is 7.66. The maximum absolute atomic E-state index is 12.2. The Bertz CT molecular complexity index is 522. The molecule has 0 amide bonds. The van der Waals surface area contributed by atoms with Gasteiger partial charge in [-0.15, -0.1) is 0 Å². The van der Waals surface area contributed by atoms with E-state index >= 15 is 0 Å². The van der Waals surface area contributed by atoms with Crippen molar-refractivity contribution in [2.75, 3.05) is 12.3 Å². The highest BCUT2D eigenvalue weighted by molar-refractivity contribution is 7.89. The second-order valence-electron chi connectivity index (χ2n) is 6.12. The molecule has 1 atom stereocenters. The molecule has 0 saturated heterocycles. The van der Waals surface area contributed by atoms with Crippen LogP contribution in [-0.4, -0.2) is 31.9 Å². The summed E-state index contributed by atoms with van der Waals surface area (Å²) in [6, 6.07) is 9.71. The van der Waals surface area contributed by atoms with Gasteiger partial charge in [-0.2, -0.15) is 0 Å². The van der Waals surface area contributed by atoms with Gasteiger partial charge >= 0.3 is 0 Å². The van der Waals surface area contributed by atoms with Gasteiger partial charge in [-0.3, -0.25) is 0 Å². The Kier molecular flexibility index (Phi) is 5.79. The minimum atomic E-state index is -3.25. The summed E-state index contributed by atoms with van der Waals surface area (Å²) < 4.78 is 27.1. The Morgan fingerprint density at radius 2 is 1.81 bits per heavy atom. The summed E-state index contributed by atoms with van der Waals surface area (Å²) in [4.78, 5) is 0. The second-order valence-corrected chi connectivity index (χ2v) is 7.97. The largest absolute Gasteiger partial charge is 0.393 e. The van der Waals surface area contributed by atoms with Crippen molar-refractivity contribution in [2.24, 2.45) is 5.92 Å². The Balaban J connectivity index is 1.82. The van der Waals surface area contributed by atoms with E-state index in [1.165, 1.54) is 0 Å². The average Bonchev–Trinajstić information content (AvgIpc) is 2.47. The van der Waals surface area contributed by atoms with E-state index in [4.69, 9.17) is 0 Å². The maximum Gasteiger partial charge on any atom is 0.212 e. The smallest absolute Gasteiger partial charge is 0.212 e. The molecule has 118 valence electrons. The summed E-state index contributed by atoms with van der Waals surface area (Å²) in [7, 11) is -3.25. The number of hydrogen-bond acceptors (Lipinski definition) is 3. The number of nitrogens with one attached hydrogen (secondary N) is 1. The van der Waals surface area contributed by atoms with E-state index in [0.29, 0.717) is 12.5 Å². The van der Waals surface area contributed by atoms with Gasteiger partial charge in [0.15, 0.2) is 0 Å². The lowest BCUT2D eigenvalue weighted by molar-refractivity contribution is 0.109. The summed E-state index contributed by atoms with van der Waals surface area (Å²) in [6.45, 7) is 2.43. The van der Waals surface area contributed by atoms with E-state index < -0.39 is 10.0 Å². The van der Waals surface area contributed by atoms with Crippen molar-refractivity contribution < 1.29 is 13.5 Å². The van der Waals surface area contributed by atoms with Crippen LogP contribution in [0, 0.1) is 5.92 Å². The van der Waals surface area contributed by atoms with Crippen molar-refractivity contribution >= 4 is 10.0 Å². The fourth-order valence-corrected chi connectivity index (χ4v) is 4.32. The zero-order chi connectivity index (χ0) is 15.3. The van der Waals surface area contributed by atoms with Crippen LogP contribution in [-0.2, 0) is 10.0 Å². The molecule has 1 aromatic carbocycles. The standard InChI is InChI=1S/C16H25NO3S/c1-13(15-5-3-2-4-6-15)12-21(19,20)17-11-14-7-9-16(18)10-8-14/h2-6,13-14,16-18H,7-12H2,1H3. The summed E-state index contributed by atoms with van der Waals surface area (Å²) >= 11 is 0. The molecule has 0 aromatic heterocycles. The zero-order valence-electron chi connectivity index (χ0n) is 12.5. The van der Waals surface area contributed by atoms with E-state index in [1.807, 2.05) is 37.3 Å². The monoisotopic (exact) mass is 311 g/mol. The van der Waals surface area contributed by atoms with Crippen LogP contribution in [0.25, 0.3) is 0 Å². The molecule has 0 heterocycles. The fourth-order valence-electron chi connectivity index (χ4n) is 2.86. The highest BCUT2D eigenvalue weighted by atomic mass is 32.2. The van der Waals surface area contributed by atoms with E-state index in [9.17, 15) is 13.5 Å². The third-order valence-electron chi connectivity index (χ3n) is 4.25. The normalized spacial score (nSPS) is 24.7. The molecule has 1 saturated carbocycles. The molecule has 0 aliphatic heterocycles. The first kappa shape index (κ1) is 16.5. The first-order chi connectivity index (χ1) is 9.96. The molecule has 4 nitrogen and oxygen atoms in total. The molecule has 5 heteroatoms. The van der Waals surface area contributed by atoms with E-state index in [0.717, 1.165) is 31.2 Å². The van der Waals surface area contributed by atoms with E-state index in [2.05, 4.69) is 4.72 Å². The zero-order valence-corrected chi connectivity index (χ0v) is 13.3. The summed E-state index contributed by atoms with van der Waals surface area (Å²) in [5.41, 5.74) is 1.05. The van der Waals surface area contributed by atoms with Gasteiger partial charge in [0.05, 0.1) is 11.9 Å². The molecule has 2 N–H and O–H groups in total. The lowest BCUT2D eigenvalue weighted by atomic mass is 9.88. The molecule has 1 fully saturated rings. The van der Waals surface area contributed by atoms with Crippen molar-refractivity contribution in [3.05, 3.63) is 35.9 Å². The quantitative estimate of drug-likeness (QED) is 0.847. The van der Waals surface area contributed by atoms with Crippen LogP contribution in [0.1, 0.15) is 44.1 Å². The Morgan fingerprint density at radius 3 is 2.43 bits per heavy atom. The molecule has 1 aliphatic carbocycles. The van der Waals surface area contributed by atoms with E-state index in [-0.39, 0.29) is 17.8 Å². The lowest BCUT2D eigenvalue weighted by Crippen LogP contribution is -2.34. The molecule has 1 unspecified atom stereocenters. The number of aliphatic hydroxyl groups excluding tert-OH is 1. The van der Waals surface area contributed by atoms with Crippen molar-refractivity contribution in [1.82, 2.24) is 4.72 Å². The summed E-state index contributed by atoms with van der Waals surface area (Å²) in [5, 5.41) is 9.46. The highest BCUT2D eigenvalue weighted by Crippen LogP contribution is 2.24. The number of aliphatic hydroxyl groups is 1. The molecular formula is C16H25NO3S. The molecule has 21 heavy (non-hydrogen) atoms. The van der Waals surface area contributed by atoms with Crippen LogP contribution in [0.4, 0.5) is 0 Å². The first-order valence-corrected chi connectivity index (χ1v) is 9.32. The molecule has 0 radical (unpaired) electrons. The fraction of sp³-hybridized carbons (Fsp3) is 0.625. The average molecular weight is 311 g/mol. The minimum Gasteiger partial charge on any atom is -0.393 e. The van der Waals surface area contributed by atoms with Crippen molar-refractivity contribution in [2.45, 2.75) is 44.6 Å². The van der Waals surface area contributed by atoms with Crippen LogP contribution in [0.15, 0.2) is 30.3 Å². The molecule has 0 bridgehead atoms. The van der Waals surface area contributed by atoms with Crippen LogP contribution in [0.5, 0.6) is 0 Å². The van der Waals surface area contributed by atoms with Gasteiger partial charge in [-0.25, -0.2) is 13.1 Å². The van der Waals surface area contributed by atoms with Gasteiger partial charge in [0.25, 0.3) is 0 Å². The Hall–Kier alpha value is -0.910. The predicted molar refractivity (Wildman–Crippen MR) is 84.6 cm³/mol. The topological polar surface area (TPSA) is 66.4 Å². The molecular weight excluding hydrogens is 286 g/mol. The number of rotatable bonds is 6. The minimum absolute atomic E-state index is 0.0168. The number of benzene rings is 1. The SMILES string of the molecule is CC(CS(=O)(=O)NCC1CCC(O)CC1)c1ccccc1. The molecule has 2 rings (SSSR count). The van der Waals surface area contributed by atoms with Gasteiger partial charge in [0.1, 0.15) is 0 Å². The Labute approximate surface area is 127 Å². The number of hydrogen-bond donors (Lipinski definition) is 2. The molecule has 1 aromatic rings. The van der Waals surface area contributed by atoms with Crippen molar-refractivity contribution in [1.29, 1.82) is 0 Å². The summed E-state index contributed by atoms with van der Waals surface area (Å²) in [6.07, 6.45) is 3.17. The van der Waals surface area contributed by atoms with Gasteiger partial charge in [0.2, 0.25) is 10.0 Å². The Morgan fingerprint density at radius 1 is 1.19 bits per heavy atom. The lowest BCUT2D eigenvalue weighted by Gasteiger charge is -2.25. The van der Waals surface area contributed by atoms with Gasteiger partial charge in [-0.05, 0) is 43.1 Å². The highest BCUT2D eigenvalue weighted by Gasteiger charge is 2.22. The third kappa shape index (κ3) is 5.41.